The Bertz CT molecular complexity index is 761. The van der Waals surface area contributed by atoms with Crippen molar-refractivity contribution in [3.63, 3.8) is 0 Å². The number of rotatable bonds is 2. The third kappa shape index (κ3) is 2.11. The lowest BCUT2D eigenvalue weighted by atomic mass is 10.0. The summed E-state index contributed by atoms with van der Waals surface area (Å²) in [5.41, 5.74) is 9.00. The molecule has 3 aromatic rings. The third-order valence-electron chi connectivity index (χ3n) is 4.21. The Labute approximate surface area is 120 Å². The summed E-state index contributed by atoms with van der Waals surface area (Å²) in [4.78, 5) is 4.54. The number of aromatic nitrogens is 2. The third-order valence-corrected chi connectivity index (χ3v) is 4.21. The molecular formula is C18H20N2. The topological polar surface area (TPSA) is 17.8 Å². The van der Waals surface area contributed by atoms with Gasteiger partial charge in [0.2, 0.25) is 0 Å². The minimum atomic E-state index is 0.886. The van der Waals surface area contributed by atoms with Crippen molar-refractivity contribution >= 4 is 11.0 Å². The van der Waals surface area contributed by atoms with Gasteiger partial charge in [-0.3, -0.25) is 0 Å². The Morgan fingerprint density at radius 1 is 0.900 bits per heavy atom. The molecule has 2 nitrogen and oxygen atoms in total. The van der Waals surface area contributed by atoms with Crippen LogP contribution in [0, 0.1) is 27.7 Å². The molecule has 0 fully saturated rings. The largest absolute Gasteiger partial charge is 0.326 e. The van der Waals surface area contributed by atoms with Crippen LogP contribution in [0.15, 0.2) is 36.7 Å². The molecule has 0 saturated heterocycles. The summed E-state index contributed by atoms with van der Waals surface area (Å²) < 4.78 is 2.25. The molecule has 3 rings (SSSR count). The first-order chi connectivity index (χ1) is 9.56. The smallest absolute Gasteiger partial charge is 0.0961 e. The SMILES string of the molecule is Cc1cc2ncn(Cc3c(C)cccc3C)c2cc1C. The monoisotopic (exact) mass is 264 g/mol. The molecule has 0 atom stereocenters. The Morgan fingerprint density at radius 3 is 2.25 bits per heavy atom. The Kier molecular flexibility index (Phi) is 3.09. The molecule has 0 aliphatic carbocycles. The molecule has 1 heterocycles. The quantitative estimate of drug-likeness (QED) is 0.674. The van der Waals surface area contributed by atoms with Gasteiger partial charge in [0.25, 0.3) is 0 Å². The van der Waals surface area contributed by atoms with Gasteiger partial charge in [-0.25, -0.2) is 4.98 Å². The second-order valence-electron chi connectivity index (χ2n) is 5.67. The van der Waals surface area contributed by atoms with Crippen LogP contribution in [0.3, 0.4) is 0 Å². The van der Waals surface area contributed by atoms with Crippen LogP contribution in [0.2, 0.25) is 0 Å². The number of hydrogen-bond acceptors (Lipinski definition) is 1. The molecule has 0 N–H and O–H groups in total. The van der Waals surface area contributed by atoms with Gasteiger partial charge in [0.1, 0.15) is 0 Å². The van der Waals surface area contributed by atoms with Crippen LogP contribution in [0.4, 0.5) is 0 Å². The molecule has 0 radical (unpaired) electrons. The van der Waals surface area contributed by atoms with Gasteiger partial charge in [-0.15, -0.1) is 0 Å². The number of nitrogens with zero attached hydrogens (tertiary/aromatic N) is 2. The highest BCUT2D eigenvalue weighted by Crippen LogP contribution is 2.21. The fourth-order valence-corrected chi connectivity index (χ4v) is 2.71. The van der Waals surface area contributed by atoms with Crippen molar-refractivity contribution in [3.8, 4) is 0 Å². The van der Waals surface area contributed by atoms with E-state index in [4.69, 9.17) is 0 Å². The van der Waals surface area contributed by atoms with Crippen molar-refractivity contribution < 1.29 is 0 Å². The van der Waals surface area contributed by atoms with Crippen molar-refractivity contribution in [1.29, 1.82) is 0 Å². The van der Waals surface area contributed by atoms with Crippen LogP contribution >= 0.6 is 0 Å². The number of imidazole rings is 1. The van der Waals surface area contributed by atoms with Gasteiger partial charge in [-0.05, 0) is 67.6 Å². The van der Waals surface area contributed by atoms with Crippen LogP contribution in [-0.2, 0) is 6.54 Å². The molecule has 2 aromatic carbocycles. The van der Waals surface area contributed by atoms with E-state index >= 15 is 0 Å². The number of fused-ring (bicyclic) bond motifs is 1. The molecule has 1 aromatic heterocycles. The standard InChI is InChI=1S/C18H20N2/c1-12-6-5-7-13(2)16(12)10-20-11-19-17-8-14(3)15(4)9-18(17)20/h5-9,11H,10H2,1-4H3. The van der Waals surface area contributed by atoms with Gasteiger partial charge in [0.15, 0.2) is 0 Å². The van der Waals surface area contributed by atoms with Crippen LogP contribution in [0.25, 0.3) is 11.0 Å². The van der Waals surface area contributed by atoms with Gasteiger partial charge in [-0.1, -0.05) is 18.2 Å². The molecule has 102 valence electrons. The van der Waals surface area contributed by atoms with E-state index in [1.54, 1.807) is 0 Å². The lowest BCUT2D eigenvalue weighted by Gasteiger charge is -2.11. The van der Waals surface area contributed by atoms with E-state index in [9.17, 15) is 0 Å². The van der Waals surface area contributed by atoms with Gasteiger partial charge in [0, 0.05) is 6.54 Å². The molecule has 0 unspecified atom stereocenters. The summed E-state index contributed by atoms with van der Waals surface area (Å²) in [6, 6.07) is 10.9. The zero-order valence-electron chi connectivity index (χ0n) is 12.6. The van der Waals surface area contributed by atoms with E-state index in [0.717, 1.165) is 12.1 Å². The van der Waals surface area contributed by atoms with Gasteiger partial charge >= 0.3 is 0 Å². The molecule has 20 heavy (non-hydrogen) atoms. The molecular weight excluding hydrogens is 244 g/mol. The maximum Gasteiger partial charge on any atom is 0.0961 e. The minimum Gasteiger partial charge on any atom is -0.326 e. The normalized spacial score (nSPS) is 11.2. The molecule has 0 bridgehead atoms. The molecule has 0 aliphatic rings. The van der Waals surface area contributed by atoms with Crippen LogP contribution in [0.5, 0.6) is 0 Å². The molecule has 0 aliphatic heterocycles. The second kappa shape index (κ2) is 4.78. The van der Waals surface area contributed by atoms with E-state index in [-0.39, 0.29) is 0 Å². The first-order valence-corrected chi connectivity index (χ1v) is 7.03. The lowest BCUT2D eigenvalue weighted by Crippen LogP contribution is -2.02. The Balaban J connectivity index is 2.10. The summed E-state index contributed by atoms with van der Waals surface area (Å²) in [5.74, 6) is 0. The zero-order chi connectivity index (χ0) is 14.3. The lowest BCUT2D eigenvalue weighted by molar-refractivity contribution is 0.812. The minimum absolute atomic E-state index is 0.886. The summed E-state index contributed by atoms with van der Waals surface area (Å²) in [6.45, 7) is 9.54. The number of benzene rings is 2. The highest BCUT2D eigenvalue weighted by atomic mass is 15.0. The highest BCUT2D eigenvalue weighted by Gasteiger charge is 2.08. The predicted octanol–water partition coefficient (Wildman–Crippen LogP) is 4.32. The van der Waals surface area contributed by atoms with Crippen molar-refractivity contribution in [2.45, 2.75) is 34.2 Å². The van der Waals surface area contributed by atoms with Gasteiger partial charge in [0.05, 0.1) is 17.4 Å². The zero-order valence-corrected chi connectivity index (χ0v) is 12.6. The van der Waals surface area contributed by atoms with E-state index in [0.29, 0.717) is 0 Å². The van der Waals surface area contributed by atoms with Gasteiger partial charge in [-0.2, -0.15) is 0 Å². The van der Waals surface area contributed by atoms with Crippen molar-refractivity contribution in [1.82, 2.24) is 9.55 Å². The average molecular weight is 264 g/mol. The summed E-state index contributed by atoms with van der Waals surface area (Å²) in [7, 11) is 0. The summed E-state index contributed by atoms with van der Waals surface area (Å²) in [5, 5.41) is 0. The van der Waals surface area contributed by atoms with Crippen molar-refractivity contribution in [2.24, 2.45) is 0 Å². The van der Waals surface area contributed by atoms with Crippen LogP contribution < -0.4 is 0 Å². The summed E-state index contributed by atoms with van der Waals surface area (Å²) >= 11 is 0. The molecule has 0 amide bonds. The highest BCUT2D eigenvalue weighted by molar-refractivity contribution is 5.77. The predicted molar refractivity (Wildman–Crippen MR) is 84.2 cm³/mol. The molecule has 2 heteroatoms. The van der Waals surface area contributed by atoms with E-state index in [1.807, 2.05) is 6.33 Å². The van der Waals surface area contributed by atoms with Crippen molar-refractivity contribution in [2.75, 3.05) is 0 Å². The fourth-order valence-electron chi connectivity index (χ4n) is 2.71. The van der Waals surface area contributed by atoms with E-state index in [1.165, 1.54) is 33.3 Å². The average Bonchev–Trinajstić information content (AvgIpc) is 2.77. The first kappa shape index (κ1) is 12.9. The van der Waals surface area contributed by atoms with Crippen molar-refractivity contribution in [3.05, 3.63) is 64.5 Å². The first-order valence-electron chi connectivity index (χ1n) is 7.03. The van der Waals surface area contributed by atoms with E-state index < -0.39 is 0 Å². The fraction of sp³-hybridized carbons (Fsp3) is 0.278. The molecule has 0 spiro atoms. The summed E-state index contributed by atoms with van der Waals surface area (Å²) in [6.07, 6.45) is 1.95. The van der Waals surface area contributed by atoms with E-state index in [2.05, 4.69) is 67.6 Å². The Hall–Kier alpha value is -2.09. The number of aryl methyl sites for hydroxylation is 4. The van der Waals surface area contributed by atoms with Crippen LogP contribution in [-0.4, -0.2) is 9.55 Å². The second-order valence-corrected chi connectivity index (χ2v) is 5.67. The maximum atomic E-state index is 4.54. The van der Waals surface area contributed by atoms with Crippen LogP contribution in [0.1, 0.15) is 27.8 Å². The maximum absolute atomic E-state index is 4.54. The number of hydrogen-bond donors (Lipinski definition) is 0. The Morgan fingerprint density at radius 2 is 1.55 bits per heavy atom. The molecule has 0 saturated carbocycles. The van der Waals surface area contributed by atoms with Gasteiger partial charge < -0.3 is 4.57 Å².